The quantitative estimate of drug-likeness (QED) is 0.797. The first-order valence-corrected chi connectivity index (χ1v) is 7.25. The fraction of sp³-hybridized carbons (Fsp3) is 0.286. The first-order chi connectivity index (χ1) is 10.3. The summed E-state index contributed by atoms with van der Waals surface area (Å²) in [4.78, 5) is 12.3. The van der Waals surface area contributed by atoms with Crippen molar-refractivity contribution in [3.8, 4) is 0 Å². The summed E-state index contributed by atoms with van der Waals surface area (Å²) in [5.41, 5.74) is 5.79. The standard InChI is InChI=1S/C14H15BrF2N4O.ClH/c1-14(18,9-2-4-10(15)5-3-9)13(22)20-11-6-19-21(7-11)8-12(16)17;/h2-7,12H,8,18H2,1H3,(H,20,22);1H. The molecule has 3 N–H and O–H groups in total. The van der Waals surface area contributed by atoms with Gasteiger partial charge in [-0.05, 0) is 24.6 Å². The Labute approximate surface area is 146 Å². The van der Waals surface area contributed by atoms with Gasteiger partial charge in [-0.3, -0.25) is 9.48 Å². The largest absolute Gasteiger partial charge is 0.322 e. The summed E-state index contributed by atoms with van der Waals surface area (Å²) in [5.74, 6) is -0.452. The Morgan fingerprint density at radius 2 is 2.04 bits per heavy atom. The van der Waals surface area contributed by atoms with Gasteiger partial charge in [0.2, 0.25) is 5.91 Å². The van der Waals surface area contributed by atoms with Crippen molar-refractivity contribution in [3.05, 3.63) is 46.7 Å². The lowest BCUT2D eigenvalue weighted by Gasteiger charge is -2.23. The van der Waals surface area contributed by atoms with Crippen molar-refractivity contribution in [1.29, 1.82) is 0 Å². The van der Waals surface area contributed by atoms with Crippen LogP contribution in [0.1, 0.15) is 12.5 Å². The third-order valence-corrected chi connectivity index (χ3v) is 3.66. The van der Waals surface area contributed by atoms with Gasteiger partial charge in [0, 0.05) is 10.7 Å². The lowest BCUT2D eigenvalue weighted by atomic mass is 9.92. The van der Waals surface area contributed by atoms with Crippen molar-refractivity contribution in [3.63, 3.8) is 0 Å². The number of hydrogen-bond acceptors (Lipinski definition) is 3. The molecule has 0 aliphatic carbocycles. The summed E-state index contributed by atoms with van der Waals surface area (Å²) in [6.45, 7) is 1.05. The molecular weight excluding hydrogens is 394 g/mol. The zero-order valence-corrected chi connectivity index (χ0v) is 14.6. The molecule has 23 heavy (non-hydrogen) atoms. The molecule has 0 aliphatic heterocycles. The van der Waals surface area contributed by atoms with Gasteiger partial charge in [0.15, 0.2) is 0 Å². The molecule has 0 saturated carbocycles. The smallest absolute Gasteiger partial charge is 0.257 e. The normalized spacial score (nSPS) is 13.3. The number of carbonyl (C=O) groups is 1. The van der Waals surface area contributed by atoms with E-state index in [-0.39, 0.29) is 12.4 Å². The van der Waals surface area contributed by atoms with Crippen LogP contribution in [0, 0.1) is 0 Å². The van der Waals surface area contributed by atoms with Gasteiger partial charge in [0.25, 0.3) is 6.43 Å². The second-order valence-corrected chi connectivity index (χ2v) is 5.92. The van der Waals surface area contributed by atoms with Gasteiger partial charge in [0.1, 0.15) is 12.1 Å². The third-order valence-electron chi connectivity index (χ3n) is 3.13. The van der Waals surface area contributed by atoms with Gasteiger partial charge in [-0.2, -0.15) is 5.10 Å². The highest BCUT2D eigenvalue weighted by atomic mass is 79.9. The minimum absolute atomic E-state index is 0. The Morgan fingerprint density at radius 3 is 2.61 bits per heavy atom. The molecule has 0 bridgehead atoms. The lowest BCUT2D eigenvalue weighted by molar-refractivity contribution is -0.120. The molecule has 126 valence electrons. The molecule has 1 atom stereocenters. The van der Waals surface area contributed by atoms with Crippen molar-refractivity contribution < 1.29 is 13.6 Å². The van der Waals surface area contributed by atoms with Crippen LogP contribution in [0.5, 0.6) is 0 Å². The highest BCUT2D eigenvalue weighted by Crippen LogP contribution is 2.22. The highest BCUT2D eigenvalue weighted by molar-refractivity contribution is 9.10. The van der Waals surface area contributed by atoms with E-state index in [1.165, 1.54) is 12.4 Å². The van der Waals surface area contributed by atoms with Gasteiger partial charge in [-0.25, -0.2) is 8.78 Å². The van der Waals surface area contributed by atoms with Crippen LogP contribution >= 0.6 is 28.3 Å². The number of rotatable bonds is 5. The van der Waals surface area contributed by atoms with E-state index >= 15 is 0 Å². The average molecular weight is 410 g/mol. The molecule has 1 amide bonds. The van der Waals surface area contributed by atoms with E-state index < -0.39 is 24.4 Å². The number of amides is 1. The van der Waals surface area contributed by atoms with Gasteiger partial charge in [0.05, 0.1) is 11.9 Å². The third kappa shape index (κ3) is 4.98. The molecule has 2 aromatic rings. The molecule has 0 aliphatic rings. The van der Waals surface area contributed by atoms with Gasteiger partial charge >= 0.3 is 0 Å². The Kier molecular flexibility index (Phi) is 6.67. The van der Waals surface area contributed by atoms with E-state index in [9.17, 15) is 13.6 Å². The fourth-order valence-corrected chi connectivity index (χ4v) is 2.12. The number of carbonyl (C=O) groups excluding carboxylic acids is 1. The molecule has 2 rings (SSSR count). The van der Waals surface area contributed by atoms with Crippen LogP contribution in [-0.2, 0) is 16.9 Å². The van der Waals surface area contributed by atoms with E-state index in [0.29, 0.717) is 11.3 Å². The van der Waals surface area contributed by atoms with E-state index in [1.54, 1.807) is 31.2 Å². The minimum atomic E-state index is -2.51. The Balaban J connectivity index is 0.00000264. The SMILES string of the molecule is CC(N)(C(=O)Nc1cnn(CC(F)F)c1)c1ccc(Br)cc1.Cl. The number of nitrogens with one attached hydrogen (secondary N) is 1. The zero-order chi connectivity index (χ0) is 16.3. The summed E-state index contributed by atoms with van der Waals surface area (Å²) >= 11 is 3.31. The summed E-state index contributed by atoms with van der Waals surface area (Å²) in [5, 5.41) is 6.34. The molecule has 0 saturated heterocycles. The second kappa shape index (κ2) is 7.85. The number of nitrogens with zero attached hydrogens (tertiary/aromatic N) is 2. The number of hydrogen-bond donors (Lipinski definition) is 2. The molecule has 1 unspecified atom stereocenters. The van der Waals surface area contributed by atoms with Gasteiger partial charge < -0.3 is 11.1 Å². The van der Waals surface area contributed by atoms with Crippen molar-refractivity contribution in [2.24, 2.45) is 5.73 Å². The Morgan fingerprint density at radius 1 is 1.43 bits per heavy atom. The summed E-state index contributed by atoms with van der Waals surface area (Å²) < 4.78 is 26.5. The number of alkyl halides is 2. The fourth-order valence-electron chi connectivity index (χ4n) is 1.86. The Hall–Kier alpha value is -1.51. The molecule has 1 aromatic carbocycles. The van der Waals surface area contributed by atoms with Crippen LogP contribution in [0.3, 0.4) is 0 Å². The van der Waals surface area contributed by atoms with Crippen molar-refractivity contribution in [2.45, 2.75) is 25.4 Å². The summed E-state index contributed by atoms with van der Waals surface area (Å²) in [7, 11) is 0. The molecule has 0 spiro atoms. The minimum Gasteiger partial charge on any atom is -0.322 e. The molecule has 0 radical (unpaired) electrons. The number of anilines is 1. The number of aromatic nitrogens is 2. The molecule has 0 fully saturated rings. The summed E-state index contributed by atoms with van der Waals surface area (Å²) in [6.07, 6.45) is 0.130. The monoisotopic (exact) mass is 408 g/mol. The topological polar surface area (TPSA) is 72.9 Å². The maximum Gasteiger partial charge on any atom is 0.257 e. The first kappa shape index (κ1) is 19.5. The lowest BCUT2D eigenvalue weighted by Crippen LogP contribution is -2.45. The van der Waals surface area contributed by atoms with Gasteiger partial charge in [-0.1, -0.05) is 28.1 Å². The second-order valence-electron chi connectivity index (χ2n) is 5.01. The van der Waals surface area contributed by atoms with Crippen LogP contribution in [-0.4, -0.2) is 22.1 Å². The first-order valence-electron chi connectivity index (χ1n) is 6.46. The van der Waals surface area contributed by atoms with E-state index in [0.717, 1.165) is 9.15 Å². The maximum atomic E-state index is 12.3. The van der Waals surface area contributed by atoms with Crippen LogP contribution in [0.2, 0.25) is 0 Å². The molecule has 5 nitrogen and oxygen atoms in total. The van der Waals surface area contributed by atoms with E-state index in [2.05, 4.69) is 26.3 Å². The average Bonchev–Trinajstić information content (AvgIpc) is 2.85. The van der Waals surface area contributed by atoms with Gasteiger partial charge in [-0.15, -0.1) is 12.4 Å². The highest BCUT2D eigenvalue weighted by Gasteiger charge is 2.30. The number of nitrogens with two attached hydrogens (primary N) is 1. The number of halogens is 4. The van der Waals surface area contributed by atoms with Crippen molar-refractivity contribution in [1.82, 2.24) is 9.78 Å². The van der Waals surface area contributed by atoms with Crippen LogP contribution in [0.25, 0.3) is 0 Å². The molecule has 1 aromatic heterocycles. The van der Waals surface area contributed by atoms with E-state index in [4.69, 9.17) is 5.73 Å². The molecule has 9 heteroatoms. The molecular formula is C14H16BrClF2N4O. The maximum absolute atomic E-state index is 12.3. The zero-order valence-electron chi connectivity index (χ0n) is 12.2. The van der Waals surface area contributed by atoms with Crippen LogP contribution in [0.15, 0.2) is 41.1 Å². The van der Waals surface area contributed by atoms with Crippen LogP contribution < -0.4 is 11.1 Å². The summed E-state index contributed by atoms with van der Waals surface area (Å²) in [6, 6.07) is 7.05. The predicted octanol–water partition coefficient (Wildman–Crippen LogP) is 3.15. The molecule has 1 heterocycles. The predicted molar refractivity (Wildman–Crippen MR) is 89.8 cm³/mol. The Bertz CT molecular complexity index is 661. The van der Waals surface area contributed by atoms with Crippen molar-refractivity contribution >= 4 is 39.9 Å². The van der Waals surface area contributed by atoms with Crippen molar-refractivity contribution in [2.75, 3.05) is 5.32 Å². The van der Waals surface area contributed by atoms with Crippen LogP contribution in [0.4, 0.5) is 14.5 Å². The number of benzene rings is 1. The van der Waals surface area contributed by atoms with E-state index in [1.807, 2.05) is 0 Å².